The second kappa shape index (κ2) is 5.43. The van der Waals surface area contributed by atoms with Crippen molar-refractivity contribution in [1.82, 2.24) is 9.96 Å². The zero-order valence-corrected chi connectivity index (χ0v) is 13.3. The lowest BCUT2D eigenvalue weighted by Crippen LogP contribution is -2.45. The largest absolute Gasteiger partial charge is 0.417 e. The van der Waals surface area contributed by atoms with Gasteiger partial charge in [-0.15, -0.1) is 0 Å². The highest BCUT2D eigenvalue weighted by Crippen LogP contribution is 2.42. The molecule has 0 radical (unpaired) electrons. The van der Waals surface area contributed by atoms with Crippen LogP contribution < -0.4 is 4.90 Å². The molecule has 3 aliphatic heterocycles. The van der Waals surface area contributed by atoms with Gasteiger partial charge in [0.15, 0.2) is 0 Å². The average Bonchev–Trinajstić information content (AvgIpc) is 2.99. The average molecular weight is 366 g/mol. The number of fused-ring (bicyclic) bond motifs is 5. The minimum absolute atomic E-state index is 0.195. The molecule has 0 aliphatic carbocycles. The number of urea groups is 1. The van der Waals surface area contributed by atoms with Crippen LogP contribution in [0.2, 0.25) is 0 Å². The smallest absolute Gasteiger partial charge is 0.314 e. The van der Waals surface area contributed by atoms with Crippen molar-refractivity contribution in [2.45, 2.75) is 24.7 Å². The molecule has 3 atom stereocenters. The summed E-state index contributed by atoms with van der Waals surface area (Å²) < 4.78 is 39.5. The van der Waals surface area contributed by atoms with E-state index in [-0.39, 0.29) is 30.7 Å². The zero-order valence-electron chi connectivity index (χ0n) is 13.3. The van der Waals surface area contributed by atoms with Crippen LogP contribution >= 0.6 is 0 Å². The summed E-state index contributed by atoms with van der Waals surface area (Å²) in [6.45, 7) is 0.423. The van der Waals surface area contributed by atoms with Crippen molar-refractivity contribution >= 4 is 17.6 Å². The molecule has 7 nitrogen and oxygen atoms in total. The van der Waals surface area contributed by atoms with Gasteiger partial charge in [-0.2, -0.15) is 23.5 Å². The standard InChI is InChI=1S/C16H13F3N4O3/c17-16(18,19)12-4-10(2-1-8(12)5-20)23-14(24)13-9-3-11(7-21(26)6-9)22(13)15(23)25/h1-2,4,9,11,13,26H,3,6-7H2/t9-,11+,13+/m0/s1. The first-order valence-corrected chi connectivity index (χ1v) is 7.94. The molecular weight excluding hydrogens is 353 g/mol. The van der Waals surface area contributed by atoms with E-state index in [4.69, 9.17) is 5.26 Å². The van der Waals surface area contributed by atoms with Crippen molar-refractivity contribution in [1.29, 1.82) is 5.26 Å². The van der Waals surface area contributed by atoms with Crippen LogP contribution in [-0.4, -0.2) is 52.3 Å². The fourth-order valence-corrected chi connectivity index (χ4v) is 4.15. The van der Waals surface area contributed by atoms with Crippen LogP contribution in [0.25, 0.3) is 0 Å². The van der Waals surface area contributed by atoms with Crippen LogP contribution in [0.5, 0.6) is 0 Å². The maximum atomic E-state index is 13.2. The van der Waals surface area contributed by atoms with Crippen LogP contribution in [0.3, 0.4) is 0 Å². The van der Waals surface area contributed by atoms with Crippen molar-refractivity contribution in [2.24, 2.45) is 5.92 Å². The summed E-state index contributed by atoms with van der Waals surface area (Å²) in [5.41, 5.74) is -1.97. The number of hydrogen-bond acceptors (Lipinski definition) is 5. The predicted octanol–water partition coefficient (Wildman–Crippen LogP) is 1.81. The first kappa shape index (κ1) is 16.8. The Morgan fingerprint density at radius 3 is 2.62 bits per heavy atom. The number of carbonyl (C=O) groups is 2. The number of anilines is 1. The number of alkyl halides is 3. The van der Waals surface area contributed by atoms with E-state index < -0.39 is 35.3 Å². The Kier molecular flexibility index (Phi) is 3.51. The molecule has 10 heteroatoms. The van der Waals surface area contributed by atoms with Gasteiger partial charge in [0.2, 0.25) is 0 Å². The molecule has 4 rings (SSSR count). The predicted molar refractivity (Wildman–Crippen MR) is 79.9 cm³/mol. The van der Waals surface area contributed by atoms with Gasteiger partial charge in [-0.1, -0.05) is 0 Å². The molecule has 136 valence electrons. The molecule has 3 heterocycles. The molecule has 3 amide bonds. The molecule has 1 aromatic carbocycles. The van der Waals surface area contributed by atoms with E-state index in [0.717, 1.165) is 16.0 Å². The molecular formula is C16H13F3N4O3. The molecule has 1 N–H and O–H groups in total. The minimum Gasteiger partial charge on any atom is -0.314 e. The van der Waals surface area contributed by atoms with Crippen LogP contribution in [0.15, 0.2) is 18.2 Å². The lowest BCUT2D eigenvalue weighted by molar-refractivity contribution is -0.137. The van der Waals surface area contributed by atoms with E-state index in [0.29, 0.717) is 12.5 Å². The number of rotatable bonds is 1. The van der Waals surface area contributed by atoms with Gasteiger partial charge in [0.1, 0.15) is 6.04 Å². The number of hydroxylamine groups is 2. The Morgan fingerprint density at radius 1 is 1.23 bits per heavy atom. The Balaban J connectivity index is 1.74. The number of nitrogens with zero attached hydrogens (tertiary/aromatic N) is 4. The van der Waals surface area contributed by atoms with E-state index in [1.165, 1.54) is 17.0 Å². The van der Waals surface area contributed by atoms with E-state index in [9.17, 15) is 28.0 Å². The topological polar surface area (TPSA) is 87.9 Å². The zero-order chi connectivity index (χ0) is 18.8. The number of hydrogen-bond donors (Lipinski definition) is 1. The Morgan fingerprint density at radius 2 is 1.96 bits per heavy atom. The van der Waals surface area contributed by atoms with Gasteiger partial charge in [-0.05, 0) is 24.6 Å². The van der Waals surface area contributed by atoms with Crippen molar-refractivity contribution in [3.8, 4) is 6.07 Å². The van der Waals surface area contributed by atoms with Crippen molar-refractivity contribution < 1.29 is 28.0 Å². The normalized spacial score (nSPS) is 28.5. The number of halogens is 3. The number of piperidine rings is 1. The van der Waals surface area contributed by atoms with E-state index >= 15 is 0 Å². The second-order valence-electron chi connectivity index (χ2n) is 6.67. The third-order valence-electron chi connectivity index (χ3n) is 5.15. The molecule has 26 heavy (non-hydrogen) atoms. The van der Waals surface area contributed by atoms with E-state index in [1.54, 1.807) is 0 Å². The monoisotopic (exact) mass is 366 g/mol. The van der Waals surface area contributed by atoms with Gasteiger partial charge in [0, 0.05) is 25.0 Å². The molecule has 3 fully saturated rings. The first-order valence-electron chi connectivity index (χ1n) is 7.94. The summed E-state index contributed by atoms with van der Waals surface area (Å²) >= 11 is 0. The highest BCUT2D eigenvalue weighted by molar-refractivity contribution is 6.22. The van der Waals surface area contributed by atoms with Gasteiger partial charge in [0.25, 0.3) is 5.91 Å². The summed E-state index contributed by atoms with van der Waals surface area (Å²) in [5, 5.41) is 19.6. The van der Waals surface area contributed by atoms with E-state index in [2.05, 4.69) is 0 Å². The minimum atomic E-state index is -4.78. The molecule has 0 spiro atoms. The summed E-state index contributed by atoms with van der Waals surface area (Å²) in [5.74, 6) is -0.865. The number of amides is 3. The fraction of sp³-hybridized carbons (Fsp3) is 0.438. The SMILES string of the molecule is N#Cc1ccc(N2C(=O)[C@H]3[C@H]4C[C@H](CN(O)C4)N3C2=O)cc1C(F)(F)F. The third-order valence-corrected chi connectivity index (χ3v) is 5.15. The number of benzene rings is 1. The van der Waals surface area contributed by atoms with Gasteiger partial charge in [-0.25, -0.2) is 9.69 Å². The van der Waals surface area contributed by atoms with Crippen molar-refractivity contribution in [3.63, 3.8) is 0 Å². The van der Waals surface area contributed by atoms with Crippen LogP contribution in [-0.2, 0) is 11.0 Å². The van der Waals surface area contributed by atoms with E-state index in [1.807, 2.05) is 0 Å². The Hall–Kier alpha value is -2.64. The van der Waals surface area contributed by atoms with Gasteiger partial charge >= 0.3 is 12.2 Å². The Bertz CT molecular complexity index is 820. The van der Waals surface area contributed by atoms with Gasteiger partial charge in [0.05, 0.1) is 22.9 Å². The number of nitriles is 1. The lowest BCUT2D eigenvalue weighted by Gasteiger charge is -2.29. The molecule has 2 bridgehead atoms. The lowest BCUT2D eigenvalue weighted by atomic mass is 9.95. The van der Waals surface area contributed by atoms with Gasteiger partial charge < -0.3 is 10.1 Å². The quantitative estimate of drug-likeness (QED) is 0.766. The molecule has 0 saturated carbocycles. The highest BCUT2D eigenvalue weighted by Gasteiger charge is 2.59. The number of imide groups is 1. The molecule has 3 saturated heterocycles. The maximum Gasteiger partial charge on any atom is 0.417 e. The first-order chi connectivity index (χ1) is 12.2. The molecule has 0 unspecified atom stereocenters. The summed E-state index contributed by atoms with van der Waals surface area (Å²) in [7, 11) is 0. The molecule has 3 aliphatic rings. The summed E-state index contributed by atoms with van der Waals surface area (Å²) in [6, 6.07) is 2.42. The second-order valence-corrected chi connectivity index (χ2v) is 6.67. The van der Waals surface area contributed by atoms with Gasteiger partial charge in [-0.3, -0.25) is 4.79 Å². The van der Waals surface area contributed by atoms with Crippen molar-refractivity contribution in [3.05, 3.63) is 29.3 Å². The summed E-state index contributed by atoms with van der Waals surface area (Å²) in [4.78, 5) is 27.6. The highest BCUT2D eigenvalue weighted by atomic mass is 19.4. The number of carbonyl (C=O) groups excluding carboxylic acids is 2. The Labute approximate surface area is 145 Å². The van der Waals surface area contributed by atoms with Crippen LogP contribution in [0.1, 0.15) is 17.5 Å². The van der Waals surface area contributed by atoms with Crippen LogP contribution in [0.4, 0.5) is 23.7 Å². The fourth-order valence-electron chi connectivity index (χ4n) is 4.15. The summed E-state index contributed by atoms with van der Waals surface area (Å²) in [6.07, 6.45) is -4.20. The molecule has 1 aromatic rings. The third kappa shape index (κ3) is 2.28. The van der Waals surface area contributed by atoms with Crippen LogP contribution in [0, 0.1) is 17.2 Å². The van der Waals surface area contributed by atoms with Crippen molar-refractivity contribution in [2.75, 3.05) is 18.0 Å². The maximum absolute atomic E-state index is 13.2. The molecule has 0 aromatic heterocycles.